The highest BCUT2D eigenvalue weighted by Crippen LogP contribution is 2.46. The summed E-state index contributed by atoms with van der Waals surface area (Å²) in [7, 11) is 0. The van der Waals surface area contributed by atoms with Crippen molar-refractivity contribution in [2.24, 2.45) is 5.92 Å². The standard InChI is InChI=1S/C12H13BrF3N/c1-7-8(2-3-11(7)13)9-6-17-5-4-10(9)12(14,15)16/h4-8,11H,2-3H2,1H3. The van der Waals surface area contributed by atoms with Gasteiger partial charge >= 0.3 is 6.18 Å². The first-order valence-electron chi connectivity index (χ1n) is 5.56. The second-order valence-corrected chi connectivity index (χ2v) is 5.70. The van der Waals surface area contributed by atoms with Crippen LogP contribution in [0.15, 0.2) is 18.5 Å². The molecule has 0 bridgehead atoms. The van der Waals surface area contributed by atoms with Crippen molar-refractivity contribution in [1.82, 2.24) is 4.98 Å². The van der Waals surface area contributed by atoms with E-state index in [0.29, 0.717) is 10.4 Å². The van der Waals surface area contributed by atoms with Crippen LogP contribution in [0.5, 0.6) is 0 Å². The summed E-state index contributed by atoms with van der Waals surface area (Å²) in [6.07, 6.45) is -0.0150. The normalized spacial score (nSPS) is 29.6. The molecule has 5 heteroatoms. The van der Waals surface area contributed by atoms with Crippen LogP contribution >= 0.6 is 15.9 Å². The fraction of sp³-hybridized carbons (Fsp3) is 0.583. The summed E-state index contributed by atoms with van der Waals surface area (Å²) in [4.78, 5) is 4.15. The van der Waals surface area contributed by atoms with Gasteiger partial charge in [0, 0.05) is 17.2 Å². The van der Waals surface area contributed by atoms with Crippen molar-refractivity contribution in [2.45, 2.75) is 36.7 Å². The van der Waals surface area contributed by atoms with Crippen LogP contribution < -0.4 is 0 Å². The van der Waals surface area contributed by atoms with Crippen LogP contribution in [0.1, 0.15) is 36.8 Å². The molecule has 1 heterocycles. The average molecular weight is 308 g/mol. The van der Waals surface area contributed by atoms with E-state index in [1.807, 2.05) is 6.92 Å². The second kappa shape index (κ2) is 4.59. The Morgan fingerprint density at radius 2 is 2.06 bits per heavy atom. The fourth-order valence-corrected chi connectivity index (χ4v) is 3.15. The van der Waals surface area contributed by atoms with Crippen molar-refractivity contribution in [3.63, 3.8) is 0 Å². The highest BCUT2D eigenvalue weighted by atomic mass is 79.9. The molecule has 3 unspecified atom stereocenters. The summed E-state index contributed by atoms with van der Waals surface area (Å²) >= 11 is 3.51. The summed E-state index contributed by atoms with van der Waals surface area (Å²) in [6, 6.07) is 1.07. The molecule has 0 spiro atoms. The minimum Gasteiger partial charge on any atom is -0.264 e. The third-order valence-corrected chi connectivity index (χ3v) is 4.81. The first kappa shape index (κ1) is 12.9. The first-order valence-corrected chi connectivity index (χ1v) is 6.48. The summed E-state index contributed by atoms with van der Waals surface area (Å²) in [6.45, 7) is 1.99. The molecule has 1 aromatic rings. The molecule has 1 nitrogen and oxygen atoms in total. The fourth-order valence-electron chi connectivity index (χ4n) is 2.52. The molecule has 1 saturated carbocycles. The van der Waals surface area contributed by atoms with Crippen LogP contribution in [0.3, 0.4) is 0 Å². The third kappa shape index (κ3) is 2.49. The molecule has 2 rings (SSSR count). The number of nitrogens with zero attached hydrogens (tertiary/aromatic N) is 1. The molecule has 3 atom stereocenters. The van der Waals surface area contributed by atoms with Gasteiger partial charge in [-0.3, -0.25) is 4.98 Å². The summed E-state index contributed by atoms with van der Waals surface area (Å²) < 4.78 is 38.7. The van der Waals surface area contributed by atoms with Crippen molar-refractivity contribution < 1.29 is 13.2 Å². The molecule has 0 amide bonds. The molecule has 0 N–H and O–H groups in total. The van der Waals surface area contributed by atoms with Crippen LogP contribution in [0.25, 0.3) is 0 Å². The van der Waals surface area contributed by atoms with Crippen molar-refractivity contribution >= 4 is 15.9 Å². The van der Waals surface area contributed by atoms with Gasteiger partial charge in [-0.15, -0.1) is 0 Å². The minimum atomic E-state index is -4.29. The monoisotopic (exact) mass is 307 g/mol. The summed E-state index contributed by atoms with van der Waals surface area (Å²) in [5, 5.41) is 0. The lowest BCUT2D eigenvalue weighted by atomic mass is 9.88. The van der Waals surface area contributed by atoms with E-state index in [1.54, 1.807) is 0 Å². The number of rotatable bonds is 1. The summed E-state index contributed by atoms with van der Waals surface area (Å²) in [5.41, 5.74) is -0.194. The second-order valence-electron chi connectivity index (χ2n) is 4.52. The largest absolute Gasteiger partial charge is 0.416 e. The van der Waals surface area contributed by atoms with Crippen LogP contribution in [-0.4, -0.2) is 9.81 Å². The first-order chi connectivity index (χ1) is 7.91. The van der Waals surface area contributed by atoms with E-state index in [0.717, 1.165) is 18.9 Å². The number of aromatic nitrogens is 1. The van der Waals surface area contributed by atoms with E-state index in [9.17, 15) is 13.2 Å². The molecule has 0 radical (unpaired) electrons. The van der Waals surface area contributed by atoms with Gasteiger partial charge < -0.3 is 0 Å². The van der Waals surface area contributed by atoms with Crippen molar-refractivity contribution in [2.75, 3.05) is 0 Å². The van der Waals surface area contributed by atoms with Gasteiger partial charge in [0.1, 0.15) is 0 Å². The predicted octanol–water partition coefficient (Wildman–Crippen LogP) is 4.38. The predicted molar refractivity (Wildman–Crippen MR) is 63.1 cm³/mol. The molecule has 1 aliphatic carbocycles. The number of hydrogen-bond acceptors (Lipinski definition) is 1. The van der Waals surface area contributed by atoms with Gasteiger partial charge in [0.25, 0.3) is 0 Å². The molecule has 1 fully saturated rings. The SMILES string of the molecule is CC1C(Br)CCC1c1cnccc1C(F)(F)F. The van der Waals surface area contributed by atoms with Crippen LogP contribution in [0.4, 0.5) is 13.2 Å². The van der Waals surface area contributed by atoms with Gasteiger partial charge in [0.2, 0.25) is 0 Å². The zero-order valence-electron chi connectivity index (χ0n) is 9.34. The Labute approximate surface area is 107 Å². The molecule has 94 valence electrons. The maximum atomic E-state index is 12.9. The van der Waals surface area contributed by atoms with E-state index < -0.39 is 11.7 Å². The molecule has 0 aliphatic heterocycles. The Balaban J connectivity index is 2.39. The van der Waals surface area contributed by atoms with E-state index >= 15 is 0 Å². The van der Waals surface area contributed by atoms with Gasteiger partial charge in [0.15, 0.2) is 0 Å². The van der Waals surface area contributed by atoms with Crippen LogP contribution in [0, 0.1) is 5.92 Å². The van der Waals surface area contributed by atoms with E-state index in [2.05, 4.69) is 20.9 Å². The van der Waals surface area contributed by atoms with Gasteiger partial charge in [-0.1, -0.05) is 22.9 Å². The topological polar surface area (TPSA) is 12.9 Å². The lowest BCUT2D eigenvalue weighted by molar-refractivity contribution is -0.138. The highest BCUT2D eigenvalue weighted by Gasteiger charge is 2.39. The van der Waals surface area contributed by atoms with Gasteiger partial charge in [-0.2, -0.15) is 13.2 Å². The van der Waals surface area contributed by atoms with E-state index in [1.165, 1.54) is 12.4 Å². The quantitative estimate of drug-likeness (QED) is 0.702. The Morgan fingerprint density at radius 1 is 1.35 bits per heavy atom. The zero-order valence-corrected chi connectivity index (χ0v) is 10.9. The average Bonchev–Trinajstić information content (AvgIpc) is 2.59. The third-order valence-electron chi connectivity index (χ3n) is 3.52. The smallest absolute Gasteiger partial charge is 0.264 e. The van der Waals surface area contributed by atoms with Crippen LogP contribution in [0.2, 0.25) is 0 Å². The van der Waals surface area contributed by atoms with E-state index in [4.69, 9.17) is 0 Å². The number of halogens is 4. The Hall–Kier alpha value is -0.580. The number of pyridine rings is 1. The zero-order chi connectivity index (χ0) is 12.6. The van der Waals surface area contributed by atoms with E-state index in [-0.39, 0.29) is 11.8 Å². The molecular formula is C12H13BrF3N. The summed E-state index contributed by atoms with van der Waals surface area (Å²) in [5.74, 6) is 0.157. The van der Waals surface area contributed by atoms with Gasteiger partial charge in [-0.25, -0.2) is 0 Å². The molecule has 0 saturated heterocycles. The molecular weight excluding hydrogens is 295 g/mol. The Bertz CT molecular complexity index is 405. The van der Waals surface area contributed by atoms with Crippen LogP contribution in [-0.2, 0) is 6.18 Å². The van der Waals surface area contributed by atoms with Crippen molar-refractivity contribution in [3.05, 3.63) is 29.6 Å². The Morgan fingerprint density at radius 3 is 2.59 bits per heavy atom. The molecule has 17 heavy (non-hydrogen) atoms. The molecule has 1 aliphatic rings. The molecule has 0 aromatic carbocycles. The van der Waals surface area contributed by atoms with Crippen molar-refractivity contribution in [3.8, 4) is 0 Å². The Kier molecular flexibility index (Phi) is 3.48. The van der Waals surface area contributed by atoms with Gasteiger partial charge in [-0.05, 0) is 36.3 Å². The van der Waals surface area contributed by atoms with Gasteiger partial charge in [0.05, 0.1) is 5.56 Å². The lowest BCUT2D eigenvalue weighted by Crippen LogP contribution is -2.16. The maximum Gasteiger partial charge on any atom is 0.416 e. The number of hydrogen-bond donors (Lipinski definition) is 0. The maximum absolute atomic E-state index is 12.9. The number of alkyl halides is 4. The highest BCUT2D eigenvalue weighted by molar-refractivity contribution is 9.09. The molecule has 1 aromatic heterocycles. The van der Waals surface area contributed by atoms with Crippen molar-refractivity contribution in [1.29, 1.82) is 0 Å². The lowest BCUT2D eigenvalue weighted by Gasteiger charge is -2.21. The minimum absolute atomic E-state index is 0.0512.